The molecule has 0 aromatic carbocycles. The summed E-state index contributed by atoms with van der Waals surface area (Å²) in [5, 5.41) is 8.98. The van der Waals surface area contributed by atoms with Gasteiger partial charge >= 0.3 is 6.09 Å². The summed E-state index contributed by atoms with van der Waals surface area (Å²) in [6.45, 7) is 0. The summed E-state index contributed by atoms with van der Waals surface area (Å²) >= 11 is 0. The minimum Gasteiger partial charge on any atom is -0.446 e. The lowest BCUT2D eigenvalue weighted by atomic mass is 10.3. The highest BCUT2D eigenvalue weighted by Crippen LogP contribution is 2.21. The summed E-state index contributed by atoms with van der Waals surface area (Å²) in [5.41, 5.74) is 4.77. The van der Waals surface area contributed by atoms with Crippen molar-refractivity contribution in [3.8, 4) is 0 Å². The van der Waals surface area contributed by atoms with Crippen LogP contribution in [0.4, 0.5) is 4.79 Å². The Kier molecular flexibility index (Phi) is 2.11. The number of hydrogen-bond acceptors (Lipinski definition) is 3. The smallest absolute Gasteiger partial charge is 0.404 e. The molecule has 58 valence electrons. The second kappa shape index (κ2) is 2.88. The van der Waals surface area contributed by atoms with E-state index in [1.165, 1.54) is 0 Å². The van der Waals surface area contributed by atoms with Gasteiger partial charge in [-0.25, -0.2) is 4.79 Å². The second-order valence-electron chi connectivity index (χ2n) is 2.53. The Bertz CT molecular complexity index is 137. The fraction of sp³-hybridized carbons (Fsp3) is 0.833. The summed E-state index contributed by atoms with van der Waals surface area (Å²) in [6, 6.07) is 0. The van der Waals surface area contributed by atoms with Crippen molar-refractivity contribution in [2.24, 2.45) is 5.73 Å². The molecule has 1 aliphatic carbocycles. The first-order valence-electron chi connectivity index (χ1n) is 3.32. The van der Waals surface area contributed by atoms with E-state index in [9.17, 15) is 4.79 Å². The van der Waals surface area contributed by atoms with Crippen LogP contribution in [0, 0.1) is 0 Å². The van der Waals surface area contributed by atoms with Crippen LogP contribution in [0.3, 0.4) is 0 Å². The van der Waals surface area contributed by atoms with E-state index in [1.807, 2.05) is 0 Å². The van der Waals surface area contributed by atoms with Crippen molar-refractivity contribution >= 4 is 6.09 Å². The molecule has 0 heterocycles. The minimum atomic E-state index is -0.751. The molecule has 0 bridgehead atoms. The molecule has 1 aliphatic rings. The van der Waals surface area contributed by atoms with Gasteiger partial charge in [-0.3, -0.25) is 0 Å². The fourth-order valence-electron chi connectivity index (χ4n) is 1.19. The van der Waals surface area contributed by atoms with E-state index in [0.29, 0.717) is 12.8 Å². The van der Waals surface area contributed by atoms with Crippen molar-refractivity contribution < 1.29 is 14.6 Å². The Labute approximate surface area is 59.0 Å². The van der Waals surface area contributed by atoms with Gasteiger partial charge in [0, 0.05) is 6.42 Å². The molecule has 0 aliphatic heterocycles. The highest BCUT2D eigenvalue weighted by Gasteiger charge is 2.24. The highest BCUT2D eigenvalue weighted by molar-refractivity contribution is 5.64. The van der Waals surface area contributed by atoms with Crippen LogP contribution in [0.25, 0.3) is 0 Å². The number of carbonyl (C=O) groups excluding carboxylic acids is 1. The van der Waals surface area contributed by atoms with Gasteiger partial charge < -0.3 is 15.6 Å². The molecule has 2 atom stereocenters. The van der Waals surface area contributed by atoms with E-state index in [1.54, 1.807) is 0 Å². The normalized spacial score (nSPS) is 32.1. The number of hydrogen-bond donors (Lipinski definition) is 2. The molecular weight excluding hydrogens is 134 g/mol. The number of carbonyl (C=O) groups is 1. The van der Waals surface area contributed by atoms with Gasteiger partial charge in [0.25, 0.3) is 0 Å². The largest absolute Gasteiger partial charge is 0.446 e. The molecule has 4 heteroatoms. The Hall–Kier alpha value is -0.770. The highest BCUT2D eigenvalue weighted by atomic mass is 16.6. The maximum Gasteiger partial charge on any atom is 0.404 e. The number of nitrogens with two attached hydrogens (primary N) is 1. The molecular formula is C6H11NO3. The number of primary amides is 1. The number of amides is 1. The lowest BCUT2D eigenvalue weighted by molar-refractivity contribution is 0.0965. The minimum absolute atomic E-state index is 0.160. The van der Waals surface area contributed by atoms with Crippen molar-refractivity contribution in [1.82, 2.24) is 0 Å². The first-order valence-corrected chi connectivity index (χ1v) is 3.32. The number of aliphatic hydroxyl groups excluding tert-OH is 1. The van der Waals surface area contributed by atoms with Crippen LogP contribution in [0.5, 0.6) is 0 Å². The lowest BCUT2D eigenvalue weighted by Gasteiger charge is -2.07. The molecule has 1 amide bonds. The zero-order chi connectivity index (χ0) is 7.56. The van der Waals surface area contributed by atoms with Gasteiger partial charge in [0.1, 0.15) is 6.10 Å². The molecule has 3 N–H and O–H groups in total. The number of ether oxygens (including phenoxy) is 1. The number of aliphatic hydroxyl groups is 1. The maximum absolute atomic E-state index is 10.2. The van der Waals surface area contributed by atoms with E-state index in [0.717, 1.165) is 6.42 Å². The van der Waals surface area contributed by atoms with Gasteiger partial charge in [0.15, 0.2) is 0 Å². The van der Waals surface area contributed by atoms with E-state index >= 15 is 0 Å². The fourth-order valence-corrected chi connectivity index (χ4v) is 1.19. The maximum atomic E-state index is 10.2. The SMILES string of the molecule is NC(=O)OC1CCC(O)C1. The zero-order valence-corrected chi connectivity index (χ0v) is 5.62. The molecule has 1 fully saturated rings. The van der Waals surface area contributed by atoms with Crippen molar-refractivity contribution in [2.45, 2.75) is 31.5 Å². The van der Waals surface area contributed by atoms with Crippen molar-refractivity contribution in [2.75, 3.05) is 0 Å². The molecule has 0 aromatic rings. The summed E-state index contributed by atoms with van der Waals surface area (Å²) < 4.78 is 4.66. The Morgan fingerprint density at radius 2 is 2.30 bits per heavy atom. The average Bonchev–Trinajstić information content (AvgIpc) is 2.13. The van der Waals surface area contributed by atoms with Crippen LogP contribution < -0.4 is 5.73 Å². The van der Waals surface area contributed by atoms with Gasteiger partial charge in [-0.05, 0) is 12.8 Å². The van der Waals surface area contributed by atoms with Crippen LogP contribution in [0.1, 0.15) is 19.3 Å². The van der Waals surface area contributed by atoms with Gasteiger partial charge in [0.05, 0.1) is 6.10 Å². The van der Waals surface area contributed by atoms with Crippen LogP contribution in [0.15, 0.2) is 0 Å². The standard InChI is InChI=1S/C6H11NO3/c7-6(9)10-5-2-1-4(8)3-5/h4-5,8H,1-3H2,(H2,7,9). The van der Waals surface area contributed by atoms with E-state index in [4.69, 9.17) is 10.8 Å². The molecule has 1 saturated carbocycles. The third-order valence-corrected chi connectivity index (χ3v) is 1.64. The van der Waals surface area contributed by atoms with E-state index in [2.05, 4.69) is 4.74 Å². The topological polar surface area (TPSA) is 72.6 Å². The lowest BCUT2D eigenvalue weighted by Crippen LogP contribution is -2.20. The predicted molar refractivity (Wildman–Crippen MR) is 34.3 cm³/mol. The van der Waals surface area contributed by atoms with E-state index < -0.39 is 6.09 Å². The molecule has 10 heavy (non-hydrogen) atoms. The molecule has 0 radical (unpaired) electrons. The summed E-state index contributed by atoms with van der Waals surface area (Å²) in [5.74, 6) is 0. The second-order valence-corrected chi connectivity index (χ2v) is 2.53. The Balaban J connectivity index is 2.24. The molecule has 2 unspecified atom stereocenters. The van der Waals surface area contributed by atoms with Crippen LogP contribution >= 0.6 is 0 Å². The number of rotatable bonds is 1. The Morgan fingerprint density at radius 3 is 2.70 bits per heavy atom. The third kappa shape index (κ3) is 1.88. The molecule has 0 spiro atoms. The van der Waals surface area contributed by atoms with Crippen molar-refractivity contribution in [1.29, 1.82) is 0 Å². The van der Waals surface area contributed by atoms with Crippen LogP contribution in [-0.4, -0.2) is 23.4 Å². The van der Waals surface area contributed by atoms with Crippen LogP contribution in [0.2, 0.25) is 0 Å². The zero-order valence-electron chi connectivity index (χ0n) is 5.62. The molecule has 0 saturated heterocycles. The van der Waals surface area contributed by atoms with Gasteiger partial charge in [-0.2, -0.15) is 0 Å². The van der Waals surface area contributed by atoms with Gasteiger partial charge in [0.2, 0.25) is 0 Å². The molecule has 4 nitrogen and oxygen atoms in total. The van der Waals surface area contributed by atoms with Crippen molar-refractivity contribution in [3.05, 3.63) is 0 Å². The predicted octanol–water partition coefficient (Wildman–Crippen LogP) is -0.00490. The summed E-state index contributed by atoms with van der Waals surface area (Å²) in [6.07, 6.45) is 0.737. The third-order valence-electron chi connectivity index (χ3n) is 1.64. The molecule has 0 aromatic heterocycles. The average molecular weight is 145 g/mol. The van der Waals surface area contributed by atoms with Crippen LogP contribution in [-0.2, 0) is 4.74 Å². The first-order chi connectivity index (χ1) is 4.68. The summed E-state index contributed by atoms with van der Waals surface area (Å²) in [4.78, 5) is 10.2. The van der Waals surface area contributed by atoms with E-state index in [-0.39, 0.29) is 12.2 Å². The van der Waals surface area contributed by atoms with Gasteiger partial charge in [-0.15, -0.1) is 0 Å². The van der Waals surface area contributed by atoms with Crippen molar-refractivity contribution in [3.63, 3.8) is 0 Å². The molecule has 1 rings (SSSR count). The first kappa shape index (κ1) is 7.34. The summed E-state index contributed by atoms with van der Waals surface area (Å²) in [7, 11) is 0. The Morgan fingerprint density at radius 1 is 1.60 bits per heavy atom. The monoisotopic (exact) mass is 145 g/mol. The quantitative estimate of drug-likeness (QED) is 0.545. The van der Waals surface area contributed by atoms with Gasteiger partial charge in [-0.1, -0.05) is 0 Å².